The molecule has 1 heterocycles. The topological polar surface area (TPSA) is 159 Å². The van der Waals surface area contributed by atoms with E-state index in [0.717, 1.165) is 11.1 Å². The Kier molecular flexibility index (Phi) is 8.99. The first-order valence-electron chi connectivity index (χ1n) is 9.92. The van der Waals surface area contributed by atoms with Crippen molar-refractivity contribution in [2.75, 3.05) is 11.1 Å². The molecule has 0 bridgehead atoms. The molecule has 0 fully saturated rings. The van der Waals surface area contributed by atoms with E-state index < -0.39 is 23.6 Å². The molecular formula is C23H24F2N8O. The van der Waals surface area contributed by atoms with Crippen LogP contribution >= 0.6 is 0 Å². The van der Waals surface area contributed by atoms with Crippen molar-refractivity contribution in [3.63, 3.8) is 0 Å². The van der Waals surface area contributed by atoms with E-state index in [0.29, 0.717) is 16.8 Å². The average molecular weight is 466 g/mol. The molecule has 0 aliphatic carbocycles. The van der Waals surface area contributed by atoms with Crippen LogP contribution in [0.1, 0.15) is 18.9 Å². The Balaban J connectivity index is 2.35. The molecule has 34 heavy (non-hydrogen) atoms. The standard InChI is InChI=1S/C23H24F2N8O/c1-3-4-5-19(24)21(25)14(2)33(29)23(32-28)18-12-16(13-30-22(18)27)15-6-8-17(9-7-15)31-20(34)10-11-26/h3-9,12-14H,1,10,28-29H2,2H3,(H2,27,30)(H,31,34)/b5-4-,21-19-,32-23-. The van der Waals surface area contributed by atoms with E-state index >= 15 is 0 Å². The van der Waals surface area contributed by atoms with Crippen LogP contribution in [0, 0.1) is 11.3 Å². The number of amidine groups is 1. The summed E-state index contributed by atoms with van der Waals surface area (Å²) in [6, 6.07) is 8.82. The fraction of sp³-hybridized carbons (Fsp3) is 0.130. The van der Waals surface area contributed by atoms with Gasteiger partial charge >= 0.3 is 0 Å². The van der Waals surface area contributed by atoms with Crippen molar-refractivity contribution in [1.82, 2.24) is 9.99 Å². The molecule has 7 N–H and O–H groups in total. The molecule has 1 amide bonds. The molecule has 2 aromatic rings. The highest BCUT2D eigenvalue weighted by molar-refractivity contribution is 6.03. The monoisotopic (exact) mass is 466 g/mol. The van der Waals surface area contributed by atoms with Crippen LogP contribution in [-0.4, -0.2) is 27.8 Å². The summed E-state index contributed by atoms with van der Waals surface area (Å²) in [5.41, 5.74) is 7.99. The lowest BCUT2D eigenvalue weighted by atomic mass is 10.0. The molecule has 11 heteroatoms. The zero-order chi connectivity index (χ0) is 25.3. The first-order valence-corrected chi connectivity index (χ1v) is 9.92. The minimum absolute atomic E-state index is 0.0207. The van der Waals surface area contributed by atoms with E-state index in [2.05, 4.69) is 22.0 Å². The minimum Gasteiger partial charge on any atom is -0.383 e. The van der Waals surface area contributed by atoms with Crippen molar-refractivity contribution in [2.45, 2.75) is 19.4 Å². The maximum Gasteiger partial charge on any atom is 0.238 e. The van der Waals surface area contributed by atoms with Gasteiger partial charge in [-0.25, -0.2) is 19.6 Å². The van der Waals surface area contributed by atoms with Crippen molar-refractivity contribution < 1.29 is 13.6 Å². The molecule has 0 aliphatic heterocycles. The summed E-state index contributed by atoms with van der Waals surface area (Å²) < 4.78 is 28.5. The van der Waals surface area contributed by atoms with E-state index in [9.17, 15) is 13.6 Å². The van der Waals surface area contributed by atoms with Gasteiger partial charge in [-0.05, 0) is 36.8 Å². The summed E-state index contributed by atoms with van der Waals surface area (Å²) in [5, 5.41) is 15.6. The predicted molar refractivity (Wildman–Crippen MR) is 128 cm³/mol. The van der Waals surface area contributed by atoms with E-state index in [4.69, 9.17) is 22.7 Å². The van der Waals surface area contributed by atoms with Gasteiger partial charge in [0.1, 0.15) is 12.2 Å². The number of aromatic nitrogens is 1. The number of hydrazine groups is 1. The van der Waals surface area contributed by atoms with Gasteiger partial charge in [-0.15, -0.1) is 0 Å². The Hall–Kier alpha value is -4.56. The second-order valence-electron chi connectivity index (χ2n) is 6.94. The second-order valence-corrected chi connectivity index (χ2v) is 6.94. The molecule has 1 unspecified atom stereocenters. The molecule has 176 valence electrons. The Morgan fingerprint density at radius 3 is 2.62 bits per heavy atom. The largest absolute Gasteiger partial charge is 0.383 e. The number of anilines is 2. The maximum absolute atomic E-state index is 14.5. The molecule has 0 spiro atoms. The number of nitrogens with two attached hydrogens (primary N) is 3. The number of allylic oxidation sites excluding steroid dienone is 4. The Morgan fingerprint density at radius 2 is 2.03 bits per heavy atom. The molecule has 0 aliphatic rings. The summed E-state index contributed by atoms with van der Waals surface area (Å²) in [4.78, 5) is 15.7. The molecule has 0 saturated heterocycles. The lowest BCUT2D eigenvalue weighted by Crippen LogP contribution is -2.46. The average Bonchev–Trinajstić information content (AvgIpc) is 2.83. The predicted octanol–water partition coefficient (Wildman–Crippen LogP) is 3.26. The van der Waals surface area contributed by atoms with Gasteiger partial charge in [0.05, 0.1) is 17.7 Å². The van der Waals surface area contributed by atoms with Crippen LogP contribution in [0.25, 0.3) is 11.1 Å². The summed E-state index contributed by atoms with van der Waals surface area (Å²) in [7, 11) is 0. The van der Waals surface area contributed by atoms with Gasteiger partial charge in [-0.1, -0.05) is 30.9 Å². The van der Waals surface area contributed by atoms with Gasteiger partial charge in [0.15, 0.2) is 17.5 Å². The van der Waals surface area contributed by atoms with Crippen molar-refractivity contribution in [2.24, 2.45) is 16.8 Å². The third kappa shape index (κ3) is 6.24. The van der Waals surface area contributed by atoms with Crippen LogP contribution in [0.2, 0.25) is 0 Å². The zero-order valence-corrected chi connectivity index (χ0v) is 18.4. The molecule has 1 aromatic carbocycles. The summed E-state index contributed by atoms with van der Waals surface area (Å²) in [6.07, 6.45) is 4.70. The van der Waals surface area contributed by atoms with Crippen molar-refractivity contribution >= 4 is 23.2 Å². The van der Waals surface area contributed by atoms with E-state index in [1.165, 1.54) is 25.3 Å². The Labute approximate surface area is 195 Å². The summed E-state index contributed by atoms with van der Waals surface area (Å²) >= 11 is 0. The SMILES string of the molecule is C=C/C=C\C(F)=C(\F)C(C)N(N)/C(=N\N)c1cc(-c2ccc(NC(=O)CC#N)cc2)cnc1N. The van der Waals surface area contributed by atoms with Gasteiger partial charge in [0, 0.05) is 17.4 Å². The fourth-order valence-electron chi connectivity index (χ4n) is 2.85. The highest BCUT2D eigenvalue weighted by atomic mass is 19.2. The Morgan fingerprint density at radius 1 is 1.35 bits per heavy atom. The number of nitrogens with one attached hydrogen (secondary N) is 1. The number of hydrogen-bond donors (Lipinski definition) is 4. The number of pyridine rings is 1. The van der Waals surface area contributed by atoms with Crippen LogP contribution in [0.3, 0.4) is 0 Å². The lowest BCUT2D eigenvalue weighted by molar-refractivity contribution is -0.115. The maximum atomic E-state index is 14.5. The molecule has 0 saturated carbocycles. The molecule has 1 aromatic heterocycles. The van der Waals surface area contributed by atoms with Gasteiger partial charge < -0.3 is 16.9 Å². The number of amides is 1. The number of carbonyl (C=O) groups is 1. The quantitative estimate of drug-likeness (QED) is 0.153. The molecule has 9 nitrogen and oxygen atoms in total. The first-order chi connectivity index (χ1) is 16.2. The Bertz CT molecular complexity index is 1180. The third-order valence-electron chi connectivity index (χ3n) is 4.66. The van der Waals surface area contributed by atoms with Gasteiger partial charge in [-0.3, -0.25) is 9.80 Å². The van der Waals surface area contributed by atoms with Gasteiger partial charge in [0.25, 0.3) is 0 Å². The number of hydrazone groups is 1. The molecular weight excluding hydrogens is 442 g/mol. The number of benzene rings is 1. The number of carbonyl (C=O) groups excluding carboxylic acids is 1. The smallest absolute Gasteiger partial charge is 0.238 e. The van der Waals surface area contributed by atoms with Crippen LogP contribution in [-0.2, 0) is 4.79 Å². The number of hydrogen-bond acceptors (Lipinski definition) is 7. The van der Waals surface area contributed by atoms with Gasteiger partial charge in [0.2, 0.25) is 5.91 Å². The van der Waals surface area contributed by atoms with E-state index in [-0.39, 0.29) is 23.6 Å². The fourth-order valence-corrected chi connectivity index (χ4v) is 2.85. The third-order valence-corrected chi connectivity index (χ3v) is 4.66. The van der Waals surface area contributed by atoms with Crippen molar-refractivity contribution in [3.05, 3.63) is 78.6 Å². The first kappa shape index (κ1) is 25.7. The number of nitrogen functional groups attached to an aromatic ring is 1. The normalized spacial score (nSPS) is 13.1. The van der Waals surface area contributed by atoms with E-state index in [1.807, 2.05) is 0 Å². The van der Waals surface area contributed by atoms with Crippen molar-refractivity contribution in [1.29, 1.82) is 5.26 Å². The number of nitrogens with zero attached hydrogens (tertiary/aromatic N) is 4. The molecule has 0 radical (unpaired) electrons. The number of nitriles is 1. The van der Waals surface area contributed by atoms with Crippen LogP contribution in [0.4, 0.5) is 20.3 Å². The van der Waals surface area contributed by atoms with Crippen LogP contribution in [0.5, 0.6) is 0 Å². The molecule has 2 rings (SSSR count). The summed E-state index contributed by atoms with van der Waals surface area (Å²) in [6.45, 7) is 4.73. The van der Waals surface area contributed by atoms with E-state index in [1.54, 1.807) is 36.4 Å². The zero-order valence-electron chi connectivity index (χ0n) is 18.4. The highest BCUT2D eigenvalue weighted by Gasteiger charge is 2.25. The van der Waals surface area contributed by atoms with Crippen LogP contribution in [0.15, 0.2) is 78.1 Å². The van der Waals surface area contributed by atoms with Gasteiger partial charge in [-0.2, -0.15) is 10.4 Å². The van der Waals surface area contributed by atoms with Crippen LogP contribution < -0.4 is 22.7 Å². The van der Waals surface area contributed by atoms with Crippen molar-refractivity contribution in [3.8, 4) is 17.2 Å². The second kappa shape index (κ2) is 11.9. The highest BCUT2D eigenvalue weighted by Crippen LogP contribution is 2.26. The summed E-state index contributed by atoms with van der Waals surface area (Å²) in [5.74, 6) is 8.74. The molecule has 1 atom stereocenters. The lowest BCUT2D eigenvalue weighted by Gasteiger charge is -2.26. The minimum atomic E-state index is -1.27. The number of rotatable bonds is 8. The number of halogens is 2.